The van der Waals surface area contributed by atoms with E-state index < -0.39 is 6.04 Å². The molecule has 1 aromatic rings. The first-order valence-electron chi connectivity index (χ1n) is 8.26. The second-order valence-corrected chi connectivity index (χ2v) is 7.41. The van der Waals surface area contributed by atoms with Crippen molar-refractivity contribution in [2.24, 2.45) is 0 Å². The van der Waals surface area contributed by atoms with E-state index >= 15 is 0 Å². The zero-order valence-corrected chi connectivity index (χ0v) is 15.0. The van der Waals surface area contributed by atoms with E-state index in [2.05, 4.69) is 43.4 Å². The zero-order chi connectivity index (χ0) is 16.8. The van der Waals surface area contributed by atoms with Gasteiger partial charge in [-0.25, -0.2) is 0 Å². The molecule has 0 aliphatic carbocycles. The molecule has 1 N–H and O–H groups in total. The van der Waals surface area contributed by atoms with Crippen LogP contribution in [0.25, 0.3) is 0 Å². The van der Waals surface area contributed by atoms with Gasteiger partial charge >= 0.3 is 0 Å². The fraction of sp³-hybridized carbons (Fsp3) is 0.556. The third-order valence-electron chi connectivity index (χ3n) is 4.06. The highest BCUT2D eigenvalue weighted by Crippen LogP contribution is 2.23. The summed E-state index contributed by atoms with van der Waals surface area (Å²) in [6.45, 7) is 7.42. The smallest absolute Gasteiger partial charge is 0.246 e. The van der Waals surface area contributed by atoms with Gasteiger partial charge in [-0.2, -0.15) is 0 Å². The number of hydrogen-bond acceptors (Lipinski definition) is 3. The molecule has 1 aliphatic heterocycles. The number of rotatable bonds is 6. The molecule has 1 heterocycles. The second-order valence-electron chi connectivity index (χ2n) is 6.32. The summed E-state index contributed by atoms with van der Waals surface area (Å²) in [7, 11) is 0. The summed E-state index contributed by atoms with van der Waals surface area (Å²) in [6.07, 6.45) is 2.12. The van der Waals surface area contributed by atoms with Crippen LogP contribution in [0.4, 0.5) is 0 Å². The first-order valence-corrected chi connectivity index (χ1v) is 9.24. The van der Waals surface area contributed by atoms with Crippen molar-refractivity contribution < 1.29 is 9.59 Å². The lowest BCUT2D eigenvalue weighted by Gasteiger charge is -2.23. The average molecular weight is 334 g/mol. The number of nitrogens with one attached hydrogen (secondary N) is 1. The van der Waals surface area contributed by atoms with Crippen LogP contribution in [0.5, 0.6) is 0 Å². The maximum absolute atomic E-state index is 12.5. The number of nitrogens with zero attached hydrogens (tertiary/aromatic N) is 1. The Balaban J connectivity index is 1.96. The predicted molar refractivity (Wildman–Crippen MR) is 94.7 cm³/mol. The minimum Gasteiger partial charge on any atom is -0.344 e. The minimum absolute atomic E-state index is 0.0454. The van der Waals surface area contributed by atoms with Crippen LogP contribution in [0.15, 0.2) is 29.2 Å². The van der Waals surface area contributed by atoms with Crippen LogP contribution in [0.1, 0.15) is 45.1 Å². The van der Waals surface area contributed by atoms with Crippen molar-refractivity contribution in [2.45, 2.75) is 50.5 Å². The Morgan fingerprint density at radius 3 is 2.30 bits per heavy atom. The van der Waals surface area contributed by atoms with Crippen LogP contribution >= 0.6 is 11.8 Å². The molecule has 23 heavy (non-hydrogen) atoms. The molecule has 0 bridgehead atoms. The van der Waals surface area contributed by atoms with Crippen LogP contribution in [-0.4, -0.2) is 41.6 Å². The predicted octanol–water partition coefficient (Wildman–Crippen LogP) is 3.03. The number of thioether (sulfide) groups is 1. The van der Waals surface area contributed by atoms with Gasteiger partial charge in [0.05, 0.1) is 0 Å². The van der Waals surface area contributed by atoms with E-state index in [-0.39, 0.29) is 11.8 Å². The van der Waals surface area contributed by atoms with Gasteiger partial charge in [0.15, 0.2) is 0 Å². The van der Waals surface area contributed by atoms with Crippen molar-refractivity contribution in [2.75, 3.05) is 18.8 Å². The van der Waals surface area contributed by atoms with Gasteiger partial charge in [0.1, 0.15) is 6.04 Å². The number of likely N-dealkylation sites (tertiary alicyclic amines) is 1. The van der Waals surface area contributed by atoms with Gasteiger partial charge in [-0.1, -0.05) is 26.0 Å². The Bertz CT molecular complexity index is 536. The third kappa shape index (κ3) is 5.27. The molecule has 0 spiro atoms. The van der Waals surface area contributed by atoms with Gasteiger partial charge in [-0.05, 0) is 36.5 Å². The summed E-state index contributed by atoms with van der Waals surface area (Å²) in [5.41, 5.74) is 1.31. The van der Waals surface area contributed by atoms with Crippen molar-refractivity contribution in [3.63, 3.8) is 0 Å². The van der Waals surface area contributed by atoms with Crippen molar-refractivity contribution in [3.8, 4) is 0 Å². The van der Waals surface area contributed by atoms with Gasteiger partial charge in [0, 0.05) is 30.7 Å². The molecule has 1 aliphatic rings. The molecule has 1 aromatic carbocycles. The minimum atomic E-state index is -0.444. The highest BCUT2D eigenvalue weighted by Gasteiger charge is 2.27. The fourth-order valence-electron chi connectivity index (χ4n) is 2.71. The van der Waals surface area contributed by atoms with Gasteiger partial charge < -0.3 is 10.2 Å². The van der Waals surface area contributed by atoms with Gasteiger partial charge in [0.2, 0.25) is 11.8 Å². The first kappa shape index (κ1) is 17.9. The molecule has 2 amide bonds. The molecule has 126 valence electrons. The normalized spacial score (nSPS) is 15.7. The molecular weight excluding hydrogens is 308 g/mol. The molecule has 0 saturated carbocycles. The summed E-state index contributed by atoms with van der Waals surface area (Å²) in [5.74, 6) is 0.968. The number of hydrogen-bond donors (Lipinski definition) is 1. The van der Waals surface area contributed by atoms with E-state index in [1.807, 2.05) is 4.90 Å². The molecule has 0 aromatic heterocycles. The van der Waals surface area contributed by atoms with E-state index in [0.717, 1.165) is 30.8 Å². The monoisotopic (exact) mass is 334 g/mol. The van der Waals surface area contributed by atoms with Gasteiger partial charge in [-0.15, -0.1) is 11.8 Å². The van der Waals surface area contributed by atoms with E-state index in [0.29, 0.717) is 11.7 Å². The summed E-state index contributed by atoms with van der Waals surface area (Å²) in [4.78, 5) is 26.9. The van der Waals surface area contributed by atoms with Crippen LogP contribution in [0, 0.1) is 0 Å². The summed E-state index contributed by atoms with van der Waals surface area (Å²) in [5, 5.41) is 2.81. The quantitative estimate of drug-likeness (QED) is 0.814. The fourth-order valence-corrected chi connectivity index (χ4v) is 3.62. The highest BCUT2D eigenvalue weighted by atomic mass is 32.2. The van der Waals surface area contributed by atoms with Crippen molar-refractivity contribution in [1.82, 2.24) is 10.2 Å². The van der Waals surface area contributed by atoms with E-state index in [1.54, 1.807) is 11.8 Å². The average Bonchev–Trinajstić information content (AvgIpc) is 3.05. The van der Waals surface area contributed by atoms with Gasteiger partial charge in [0.25, 0.3) is 0 Å². The number of benzene rings is 1. The third-order valence-corrected chi connectivity index (χ3v) is 5.16. The second kappa shape index (κ2) is 8.39. The lowest BCUT2D eigenvalue weighted by atomic mass is 10.0. The molecule has 5 heteroatoms. The molecule has 4 nitrogen and oxygen atoms in total. The molecule has 1 saturated heterocycles. The molecule has 1 unspecified atom stereocenters. The van der Waals surface area contributed by atoms with E-state index in [4.69, 9.17) is 0 Å². The standard InChI is InChI=1S/C18H26N2O2S/c1-13(2)15-6-8-16(9-7-15)23-12-17(19-14(3)21)18(22)20-10-4-5-11-20/h6-9,13,17H,4-5,10-12H2,1-3H3,(H,19,21). The SMILES string of the molecule is CC(=O)NC(CSc1ccc(C(C)C)cc1)C(=O)N1CCCC1. The van der Waals surface area contributed by atoms with Crippen LogP contribution in [-0.2, 0) is 9.59 Å². The summed E-state index contributed by atoms with van der Waals surface area (Å²) >= 11 is 1.62. The van der Waals surface area contributed by atoms with E-state index in [1.165, 1.54) is 12.5 Å². The van der Waals surface area contributed by atoms with Crippen molar-refractivity contribution in [3.05, 3.63) is 29.8 Å². The molecular formula is C18H26N2O2S. The number of amides is 2. The Morgan fingerprint density at radius 2 is 1.78 bits per heavy atom. The zero-order valence-electron chi connectivity index (χ0n) is 14.2. The Hall–Kier alpha value is -1.49. The first-order chi connectivity index (χ1) is 11.0. The maximum atomic E-state index is 12.5. The van der Waals surface area contributed by atoms with Crippen LogP contribution < -0.4 is 5.32 Å². The van der Waals surface area contributed by atoms with Gasteiger partial charge in [-0.3, -0.25) is 9.59 Å². The molecule has 0 radical (unpaired) electrons. The number of carbonyl (C=O) groups is 2. The Kier molecular flexibility index (Phi) is 6.51. The largest absolute Gasteiger partial charge is 0.344 e. The lowest BCUT2D eigenvalue weighted by molar-refractivity contribution is -0.134. The van der Waals surface area contributed by atoms with Crippen molar-refractivity contribution in [1.29, 1.82) is 0 Å². The molecule has 2 rings (SSSR count). The van der Waals surface area contributed by atoms with Crippen LogP contribution in [0.2, 0.25) is 0 Å². The maximum Gasteiger partial charge on any atom is 0.246 e. The lowest BCUT2D eigenvalue weighted by Crippen LogP contribution is -2.48. The number of carbonyl (C=O) groups excluding carboxylic acids is 2. The highest BCUT2D eigenvalue weighted by molar-refractivity contribution is 7.99. The van der Waals surface area contributed by atoms with Crippen LogP contribution in [0.3, 0.4) is 0 Å². The Labute approximate surface area is 143 Å². The Morgan fingerprint density at radius 1 is 1.17 bits per heavy atom. The van der Waals surface area contributed by atoms with Crippen molar-refractivity contribution >= 4 is 23.6 Å². The molecule has 1 atom stereocenters. The molecule has 1 fully saturated rings. The van der Waals surface area contributed by atoms with E-state index in [9.17, 15) is 9.59 Å². The summed E-state index contributed by atoms with van der Waals surface area (Å²) < 4.78 is 0. The topological polar surface area (TPSA) is 49.4 Å². The summed E-state index contributed by atoms with van der Waals surface area (Å²) in [6, 6.07) is 7.99.